The van der Waals surface area contributed by atoms with E-state index in [0.29, 0.717) is 16.4 Å². The van der Waals surface area contributed by atoms with Crippen molar-refractivity contribution in [1.29, 1.82) is 0 Å². The predicted octanol–water partition coefficient (Wildman–Crippen LogP) is 4.29. The number of hydrogen-bond donors (Lipinski definition) is 1. The van der Waals surface area contributed by atoms with Gasteiger partial charge in [0.25, 0.3) is 0 Å². The Kier molecular flexibility index (Phi) is 4.19. The zero-order valence-electron chi connectivity index (χ0n) is 11.6. The van der Waals surface area contributed by atoms with Crippen molar-refractivity contribution in [2.45, 2.75) is 38.3 Å². The summed E-state index contributed by atoms with van der Waals surface area (Å²) in [7, 11) is 1.70. The second-order valence-corrected chi connectivity index (χ2v) is 5.17. The van der Waals surface area contributed by atoms with Gasteiger partial charge in [-0.05, 0) is 25.0 Å². The average molecular weight is 282 g/mol. The fraction of sp³-hybridized carbons (Fsp3) is 0.467. The molecule has 0 aliphatic carbocycles. The fourth-order valence-corrected chi connectivity index (χ4v) is 2.79. The Balaban J connectivity index is 2.46. The molecule has 104 valence electrons. The monoisotopic (exact) mass is 281 g/mol. The molecule has 0 fully saturated rings. The Morgan fingerprint density at radius 3 is 2.58 bits per heavy atom. The third-order valence-corrected chi connectivity index (χ3v) is 4.29. The largest absolute Gasteiger partial charge is 0.458 e. The van der Waals surface area contributed by atoms with Crippen molar-refractivity contribution in [3.63, 3.8) is 0 Å². The van der Waals surface area contributed by atoms with E-state index in [2.05, 4.69) is 13.8 Å². The predicted molar refractivity (Wildman–Crippen MR) is 78.5 cm³/mol. The molecule has 3 nitrogen and oxygen atoms in total. The molecule has 0 radical (unpaired) electrons. The molecule has 2 aromatic rings. The summed E-state index contributed by atoms with van der Waals surface area (Å²) in [5.74, 6) is 0.716. The molecule has 0 spiro atoms. The molecule has 0 bridgehead atoms. The summed E-state index contributed by atoms with van der Waals surface area (Å²) in [6.45, 7) is 4.14. The molecule has 0 amide bonds. The lowest BCUT2D eigenvalue weighted by molar-refractivity contribution is -0.0428. The van der Waals surface area contributed by atoms with Gasteiger partial charge < -0.3 is 14.9 Å². The van der Waals surface area contributed by atoms with Gasteiger partial charge in [0.05, 0.1) is 16.7 Å². The minimum atomic E-state index is -0.402. The van der Waals surface area contributed by atoms with Crippen LogP contribution in [-0.4, -0.2) is 12.7 Å². The molecule has 2 rings (SSSR count). The molecule has 1 aromatic carbocycles. The highest BCUT2D eigenvalue weighted by Gasteiger charge is 2.36. The third kappa shape index (κ3) is 2.38. The summed E-state index contributed by atoms with van der Waals surface area (Å²) in [5.41, 5.74) is 6.64. The zero-order valence-corrected chi connectivity index (χ0v) is 12.3. The summed E-state index contributed by atoms with van der Waals surface area (Å²) < 4.78 is 11.5. The molecule has 19 heavy (non-hydrogen) atoms. The van der Waals surface area contributed by atoms with E-state index in [0.717, 1.165) is 18.2 Å². The Morgan fingerprint density at radius 1 is 1.37 bits per heavy atom. The summed E-state index contributed by atoms with van der Waals surface area (Å²) in [6, 6.07) is 7.32. The highest BCUT2D eigenvalue weighted by atomic mass is 35.5. The van der Waals surface area contributed by atoms with Crippen LogP contribution in [0.4, 0.5) is 0 Å². The normalized spacial score (nSPS) is 13.9. The molecular formula is C15H20ClNO2. The zero-order chi connectivity index (χ0) is 14.0. The number of furan rings is 1. The third-order valence-electron chi connectivity index (χ3n) is 3.99. The molecule has 2 N–H and O–H groups in total. The van der Waals surface area contributed by atoms with Crippen molar-refractivity contribution in [1.82, 2.24) is 0 Å². The van der Waals surface area contributed by atoms with Crippen LogP contribution in [0.5, 0.6) is 0 Å². The van der Waals surface area contributed by atoms with Gasteiger partial charge in [0.15, 0.2) is 5.58 Å². The SMILES string of the molecule is CCC(CC)(OC)C(N)c1cc2cccc(Cl)c2o1. The van der Waals surface area contributed by atoms with Gasteiger partial charge in [0, 0.05) is 12.5 Å². The van der Waals surface area contributed by atoms with E-state index >= 15 is 0 Å². The van der Waals surface area contributed by atoms with Crippen LogP contribution in [0.15, 0.2) is 28.7 Å². The summed E-state index contributed by atoms with van der Waals surface area (Å²) in [6.07, 6.45) is 1.65. The maximum atomic E-state index is 6.36. The maximum Gasteiger partial charge on any atom is 0.152 e. The van der Waals surface area contributed by atoms with Crippen molar-refractivity contribution < 1.29 is 9.15 Å². The van der Waals surface area contributed by atoms with Crippen LogP contribution in [0.3, 0.4) is 0 Å². The topological polar surface area (TPSA) is 48.4 Å². The lowest BCUT2D eigenvalue weighted by atomic mass is 9.87. The Hall–Kier alpha value is -1.03. The second kappa shape index (κ2) is 5.53. The van der Waals surface area contributed by atoms with E-state index in [-0.39, 0.29) is 6.04 Å². The van der Waals surface area contributed by atoms with Crippen LogP contribution in [0.25, 0.3) is 11.0 Å². The molecule has 4 heteroatoms. The molecule has 0 saturated heterocycles. The highest BCUT2D eigenvalue weighted by molar-refractivity contribution is 6.34. The van der Waals surface area contributed by atoms with Crippen LogP contribution in [0, 0.1) is 0 Å². The number of rotatable bonds is 5. The lowest BCUT2D eigenvalue weighted by Gasteiger charge is -2.34. The van der Waals surface area contributed by atoms with Gasteiger partial charge in [0.2, 0.25) is 0 Å². The molecule has 1 heterocycles. The van der Waals surface area contributed by atoms with Gasteiger partial charge in [-0.1, -0.05) is 37.6 Å². The number of nitrogens with two attached hydrogens (primary N) is 1. The smallest absolute Gasteiger partial charge is 0.152 e. The van der Waals surface area contributed by atoms with E-state index in [1.54, 1.807) is 7.11 Å². The number of hydrogen-bond acceptors (Lipinski definition) is 3. The molecule has 1 unspecified atom stereocenters. The van der Waals surface area contributed by atoms with Gasteiger partial charge in [-0.25, -0.2) is 0 Å². The first kappa shape index (κ1) is 14.4. The van der Waals surface area contributed by atoms with Crippen LogP contribution < -0.4 is 5.73 Å². The van der Waals surface area contributed by atoms with Gasteiger partial charge >= 0.3 is 0 Å². The number of ether oxygens (including phenoxy) is 1. The average Bonchev–Trinajstić information content (AvgIpc) is 2.86. The Morgan fingerprint density at radius 2 is 2.05 bits per heavy atom. The van der Waals surface area contributed by atoms with E-state index in [1.165, 1.54) is 0 Å². The molecule has 0 aliphatic heterocycles. The highest BCUT2D eigenvalue weighted by Crippen LogP contribution is 2.36. The van der Waals surface area contributed by atoms with E-state index in [1.807, 2.05) is 24.3 Å². The maximum absolute atomic E-state index is 6.36. The first-order valence-electron chi connectivity index (χ1n) is 6.56. The minimum Gasteiger partial charge on any atom is -0.458 e. The van der Waals surface area contributed by atoms with E-state index < -0.39 is 5.60 Å². The number of fused-ring (bicyclic) bond motifs is 1. The van der Waals surface area contributed by atoms with Crippen LogP contribution in [0.1, 0.15) is 38.5 Å². The summed E-state index contributed by atoms with van der Waals surface area (Å²) in [5, 5.41) is 1.57. The van der Waals surface area contributed by atoms with Crippen molar-refractivity contribution >= 4 is 22.6 Å². The second-order valence-electron chi connectivity index (χ2n) is 4.76. The summed E-state index contributed by atoms with van der Waals surface area (Å²) >= 11 is 6.13. The standard InChI is InChI=1S/C15H20ClNO2/c1-4-15(5-2,18-3)14(17)12-9-10-7-6-8-11(16)13(10)19-12/h6-9,14H,4-5,17H2,1-3H3. The fourth-order valence-electron chi connectivity index (χ4n) is 2.57. The quantitative estimate of drug-likeness (QED) is 0.889. The first-order chi connectivity index (χ1) is 9.07. The van der Waals surface area contributed by atoms with Crippen molar-refractivity contribution in [2.24, 2.45) is 5.73 Å². The summed E-state index contributed by atoms with van der Waals surface area (Å²) in [4.78, 5) is 0. The lowest BCUT2D eigenvalue weighted by Crippen LogP contribution is -2.41. The van der Waals surface area contributed by atoms with Gasteiger partial charge in [-0.2, -0.15) is 0 Å². The van der Waals surface area contributed by atoms with Crippen LogP contribution in [0.2, 0.25) is 5.02 Å². The van der Waals surface area contributed by atoms with Crippen molar-refractivity contribution in [2.75, 3.05) is 7.11 Å². The van der Waals surface area contributed by atoms with Gasteiger partial charge in [-0.15, -0.1) is 0 Å². The Labute approximate surface area is 118 Å². The van der Waals surface area contributed by atoms with E-state index in [9.17, 15) is 0 Å². The molecule has 1 atom stereocenters. The van der Waals surface area contributed by atoms with E-state index in [4.69, 9.17) is 26.5 Å². The number of benzene rings is 1. The van der Waals surface area contributed by atoms with Crippen LogP contribution >= 0.6 is 11.6 Å². The van der Waals surface area contributed by atoms with Gasteiger partial charge in [0.1, 0.15) is 5.76 Å². The van der Waals surface area contributed by atoms with Crippen LogP contribution in [-0.2, 0) is 4.74 Å². The molecule has 0 aliphatic rings. The molecule has 0 saturated carbocycles. The van der Waals surface area contributed by atoms with Crippen molar-refractivity contribution in [3.05, 3.63) is 35.0 Å². The first-order valence-corrected chi connectivity index (χ1v) is 6.94. The number of methoxy groups -OCH3 is 1. The number of para-hydroxylation sites is 1. The molecule has 1 aromatic heterocycles. The van der Waals surface area contributed by atoms with Crippen molar-refractivity contribution in [3.8, 4) is 0 Å². The van der Waals surface area contributed by atoms with Gasteiger partial charge in [-0.3, -0.25) is 0 Å². The minimum absolute atomic E-state index is 0.309. The molecular weight excluding hydrogens is 262 g/mol. The Bertz CT molecular complexity index is 552. The number of halogens is 1.